The fourth-order valence-corrected chi connectivity index (χ4v) is 3.89. The van der Waals surface area contributed by atoms with Crippen LogP contribution in [-0.2, 0) is 0 Å². The summed E-state index contributed by atoms with van der Waals surface area (Å²) in [4.78, 5) is 4.03. The van der Waals surface area contributed by atoms with Crippen molar-refractivity contribution in [3.63, 3.8) is 0 Å². The van der Waals surface area contributed by atoms with Crippen molar-refractivity contribution in [2.45, 2.75) is 58.3 Å². The summed E-state index contributed by atoms with van der Waals surface area (Å²) in [6.07, 6.45) is 2.97. The number of aromatic nitrogens is 3. The highest BCUT2D eigenvalue weighted by Gasteiger charge is 2.39. The van der Waals surface area contributed by atoms with Gasteiger partial charge in [0, 0.05) is 22.9 Å². The minimum Gasteiger partial charge on any atom is -0.488 e. The van der Waals surface area contributed by atoms with Gasteiger partial charge in [0.25, 0.3) is 0 Å². The fraction of sp³-hybridized carbons (Fsp3) is 0.556. The molecular weight excluding hydrogens is 361 g/mol. The Morgan fingerprint density at radius 3 is 2.64 bits per heavy atom. The first kappa shape index (κ1) is 18.5. The lowest BCUT2D eigenvalue weighted by Crippen LogP contribution is -2.38. The van der Waals surface area contributed by atoms with Crippen LogP contribution in [-0.4, -0.2) is 32.1 Å². The second-order valence-electron chi connectivity index (χ2n) is 7.74. The predicted molar refractivity (Wildman–Crippen MR) is 98.4 cm³/mol. The van der Waals surface area contributed by atoms with E-state index in [0.29, 0.717) is 22.2 Å². The Bertz CT molecular complexity index is 744. The molecule has 136 valence electrons. The van der Waals surface area contributed by atoms with Gasteiger partial charge in [-0.1, -0.05) is 50.9 Å². The summed E-state index contributed by atoms with van der Waals surface area (Å²) in [5, 5.41) is 16.2. The number of fused-ring (bicyclic) bond motifs is 1. The number of benzene rings is 1. The molecule has 0 saturated heterocycles. The zero-order valence-corrected chi connectivity index (χ0v) is 16.3. The van der Waals surface area contributed by atoms with Gasteiger partial charge in [-0.3, -0.25) is 0 Å². The molecular formula is C18H23Cl2N3O2. The molecule has 25 heavy (non-hydrogen) atoms. The molecule has 1 aromatic carbocycles. The maximum atomic E-state index is 10.9. The summed E-state index contributed by atoms with van der Waals surface area (Å²) >= 11 is 12.4. The molecule has 1 aliphatic rings. The summed E-state index contributed by atoms with van der Waals surface area (Å²) in [5.74, 6) is 0.801. The molecule has 3 rings (SSSR count). The van der Waals surface area contributed by atoms with E-state index < -0.39 is 6.10 Å². The zero-order chi connectivity index (χ0) is 18.4. The predicted octanol–water partition coefficient (Wildman–Crippen LogP) is 4.49. The van der Waals surface area contributed by atoms with Crippen LogP contribution in [0.3, 0.4) is 0 Å². The van der Waals surface area contributed by atoms with Crippen LogP contribution >= 0.6 is 23.2 Å². The summed E-state index contributed by atoms with van der Waals surface area (Å²) < 4.78 is 7.85. The first-order valence-corrected chi connectivity index (χ1v) is 9.12. The van der Waals surface area contributed by atoms with Gasteiger partial charge >= 0.3 is 0 Å². The Balaban J connectivity index is 1.88. The molecule has 0 radical (unpaired) electrons. The molecule has 0 bridgehead atoms. The SMILES string of the molecule is CC1c2cc(Cl)cc(Cl)c2OC1CC(C(O)C(C)(C)C)n1cncn1. The number of ether oxygens (including phenoxy) is 1. The Morgan fingerprint density at radius 2 is 2.04 bits per heavy atom. The molecule has 0 amide bonds. The van der Waals surface area contributed by atoms with Crippen LogP contribution in [0.2, 0.25) is 10.0 Å². The summed E-state index contributed by atoms with van der Waals surface area (Å²) in [6, 6.07) is 3.34. The third-order valence-corrected chi connectivity index (χ3v) is 5.36. The lowest BCUT2D eigenvalue weighted by molar-refractivity contribution is -0.00388. The maximum Gasteiger partial charge on any atom is 0.142 e. The number of rotatable bonds is 4. The largest absolute Gasteiger partial charge is 0.488 e. The van der Waals surface area contributed by atoms with Crippen molar-refractivity contribution < 1.29 is 9.84 Å². The van der Waals surface area contributed by atoms with Crippen molar-refractivity contribution in [2.75, 3.05) is 0 Å². The smallest absolute Gasteiger partial charge is 0.142 e. The minimum atomic E-state index is -0.604. The van der Waals surface area contributed by atoms with Crippen LogP contribution < -0.4 is 4.74 Å². The highest BCUT2D eigenvalue weighted by atomic mass is 35.5. The van der Waals surface area contributed by atoms with E-state index in [0.717, 1.165) is 5.56 Å². The lowest BCUT2D eigenvalue weighted by Gasteiger charge is -2.34. The van der Waals surface area contributed by atoms with Crippen LogP contribution in [0.4, 0.5) is 0 Å². The van der Waals surface area contributed by atoms with Gasteiger partial charge < -0.3 is 9.84 Å². The Kier molecular flexibility index (Phi) is 5.02. The third-order valence-electron chi connectivity index (χ3n) is 4.86. The van der Waals surface area contributed by atoms with Crippen LogP contribution in [0, 0.1) is 5.41 Å². The van der Waals surface area contributed by atoms with Gasteiger partial charge in [0.2, 0.25) is 0 Å². The van der Waals surface area contributed by atoms with E-state index in [2.05, 4.69) is 17.0 Å². The monoisotopic (exact) mass is 383 g/mol. The molecule has 2 heterocycles. The quantitative estimate of drug-likeness (QED) is 0.844. The minimum absolute atomic E-state index is 0.115. The molecule has 5 nitrogen and oxygen atoms in total. The average Bonchev–Trinajstić information content (AvgIpc) is 3.13. The van der Waals surface area contributed by atoms with Crippen LogP contribution in [0.1, 0.15) is 51.6 Å². The van der Waals surface area contributed by atoms with Crippen LogP contribution in [0.25, 0.3) is 0 Å². The Labute approximate surface area is 157 Å². The number of halogens is 2. The molecule has 7 heteroatoms. The molecule has 0 spiro atoms. The van der Waals surface area contributed by atoms with Crippen LogP contribution in [0.15, 0.2) is 24.8 Å². The van der Waals surface area contributed by atoms with Crippen molar-refractivity contribution in [1.29, 1.82) is 0 Å². The van der Waals surface area contributed by atoms with E-state index >= 15 is 0 Å². The molecule has 4 atom stereocenters. The van der Waals surface area contributed by atoms with Crippen molar-refractivity contribution in [3.8, 4) is 5.75 Å². The first-order valence-electron chi connectivity index (χ1n) is 8.36. The van der Waals surface area contributed by atoms with Gasteiger partial charge in [-0.25, -0.2) is 9.67 Å². The summed E-state index contributed by atoms with van der Waals surface area (Å²) in [5.41, 5.74) is 0.705. The van der Waals surface area contributed by atoms with Crippen molar-refractivity contribution in [1.82, 2.24) is 14.8 Å². The van der Waals surface area contributed by atoms with E-state index in [-0.39, 0.29) is 23.5 Å². The number of hydrogen-bond donors (Lipinski definition) is 1. The molecule has 1 aliphatic heterocycles. The topological polar surface area (TPSA) is 60.2 Å². The molecule has 0 saturated carbocycles. The molecule has 1 aromatic heterocycles. The zero-order valence-electron chi connectivity index (χ0n) is 14.8. The van der Waals surface area contributed by atoms with Crippen LogP contribution in [0.5, 0.6) is 5.75 Å². The number of aliphatic hydroxyl groups is 1. The Hall–Kier alpha value is -1.30. The second-order valence-corrected chi connectivity index (χ2v) is 8.58. The standard InChI is InChI=1S/C18H23Cl2N3O2/c1-10-12-5-11(19)6-13(20)16(12)25-15(10)7-14(17(24)18(2,3)4)23-9-21-8-22-23/h5-6,8-10,14-15,17,24H,7H2,1-4H3. The van der Waals surface area contributed by atoms with Gasteiger partial charge in [0.15, 0.2) is 0 Å². The summed E-state index contributed by atoms with van der Waals surface area (Å²) in [7, 11) is 0. The molecule has 0 fully saturated rings. The van der Waals surface area contributed by atoms with Gasteiger partial charge in [0.1, 0.15) is 24.5 Å². The highest BCUT2D eigenvalue weighted by molar-refractivity contribution is 6.35. The van der Waals surface area contributed by atoms with Crippen molar-refractivity contribution >= 4 is 23.2 Å². The van der Waals surface area contributed by atoms with E-state index in [1.54, 1.807) is 17.1 Å². The lowest BCUT2D eigenvalue weighted by atomic mass is 9.81. The molecule has 2 aromatic rings. The van der Waals surface area contributed by atoms with Gasteiger partial charge in [-0.05, 0) is 17.5 Å². The van der Waals surface area contributed by atoms with Gasteiger partial charge in [0.05, 0.1) is 17.2 Å². The number of hydrogen-bond acceptors (Lipinski definition) is 4. The van der Waals surface area contributed by atoms with Gasteiger partial charge in [-0.15, -0.1) is 0 Å². The van der Waals surface area contributed by atoms with E-state index in [1.807, 2.05) is 26.8 Å². The second kappa shape index (κ2) is 6.78. The molecule has 1 N–H and O–H groups in total. The molecule has 0 aliphatic carbocycles. The molecule has 4 unspecified atom stereocenters. The van der Waals surface area contributed by atoms with E-state index in [9.17, 15) is 5.11 Å². The van der Waals surface area contributed by atoms with Crippen molar-refractivity contribution in [3.05, 3.63) is 40.4 Å². The number of aliphatic hydroxyl groups excluding tert-OH is 1. The number of nitrogens with zero attached hydrogens (tertiary/aromatic N) is 3. The van der Waals surface area contributed by atoms with E-state index in [4.69, 9.17) is 27.9 Å². The van der Waals surface area contributed by atoms with Gasteiger partial charge in [-0.2, -0.15) is 5.10 Å². The maximum absolute atomic E-state index is 10.9. The summed E-state index contributed by atoms with van der Waals surface area (Å²) in [6.45, 7) is 8.11. The van der Waals surface area contributed by atoms with Crippen molar-refractivity contribution in [2.24, 2.45) is 5.41 Å². The highest BCUT2D eigenvalue weighted by Crippen LogP contribution is 2.47. The van der Waals surface area contributed by atoms with E-state index in [1.165, 1.54) is 6.33 Å². The normalized spacial score (nSPS) is 22.4. The third kappa shape index (κ3) is 3.64. The average molecular weight is 384 g/mol. The Morgan fingerprint density at radius 1 is 1.32 bits per heavy atom. The fourth-order valence-electron chi connectivity index (χ4n) is 3.33. The first-order chi connectivity index (χ1) is 11.7.